The number of nitrogens with zero attached hydrogens (tertiary/aromatic N) is 4. The lowest BCUT2D eigenvalue weighted by atomic mass is 9.74. The van der Waals surface area contributed by atoms with Gasteiger partial charge in [-0.2, -0.15) is 0 Å². The van der Waals surface area contributed by atoms with Gasteiger partial charge < -0.3 is 58.3 Å². The first kappa shape index (κ1) is 70.3. The highest BCUT2D eigenvalue weighted by atomic mass is 16.5. The molecule has 8 bridgehead atoms. The van der Waals surface area contributed by atoms with E-state index < -0.39 is 23.7 Å². The molecular formula is C84H100N4O12. The van der Waals surface area contributed by atoms with Crippen LogP contribution in [-0.2, 0) is 70.8 Å². The lowest BCUT2D eigenvalue weighted by molar-refractivity contribution is 0.0334. The van der Waals surface area contributed by atoms with Crippen LogP contribution in [-0.4, -0.2) is 174 Å². The Labute approximate surface area is 590 Å². The van der Waals surface area contributed by atoms with Gasteiger partial charge in [-0.05, 0) is 97.9 Å². The van der Waals surface area contributed by atoms with Gasteiger partial charge in [-0.3, -0.25) is 19.6 Å². The molecule has 4 heterocycles. The molecule has 4 saturated heterocycles. The topological polar surface area (TPSA) is 168 Å². The molecule has 0 unspecified atom stereocenters. The van der Waals surface area contributed by atoms with E-state index in [-0.39, 0.29) is 23.0 Å². The van der Waals surface area contributed by atoms with E-state index in [1.165, 1.54) is 0 Å². The number of ether oxygens (including phenoxy) is 8. The number of phenols is 4. The second-order valence-corrected chi connectivity index (χ2v) is 27.5. The molecule has 5 aliphatic rings. The normalized spacial score (nSPS) is 19.5. The average Bonchev–Trinajstić information content (AvgIpc) is 0.736. The number of phenolic OH excluding ortho intramolecular Hbond substituents is 4. The van der Waals surface area contributed by atoms with Gasteiger partial charge in [-0.15, -0.1) is 0 Å². The fraction of sp³-hybridized carbons (Fsp3) is 0.429. The average molecular weight is 1360 g/mol. The van der Waals surface area contributed by atoms with Crippen molar-refractivity contribution >= 4 is 0 Å². The summed E-state index contributed by atoms with van der Waals surface area (Å²) in [5.74, 6) is 0.284. The summed E-state index contributed by atoms with van der Waals surface area (Å²) in [6, 6.07) is 50.8. The number of methoxy groups -OCH3 is 4. The largest absolute Gasteiger partial charge is 0.507 e. The van der Waals surface area contributed by atoms with Crippen LogP contribution < -0.4 is 18.9 Å². The number of hydrogen-bond acceptors (Lipinski definition) is 16. The van der Waals surface area contributed by atoms with Crippen LogP contribution in [0.4, 0.5) is 0 Å². The van der Waals surface area contributed by atoms with Gasteiger partial charge in [0.15, 0.2) is 0 Å². The Morgan fingerprint density at radius 2 is 0.480 bits per heavy atom. The van der Waals surface area contributed by atoms with Crippen LogP contribution >= 0.6 is 0 Å². The molecule has 4 N–H and O–H groups in total. The first-order chi connectivity index (χ1) is 49.1. The zero-order chi connectivity index (χ0) is 68.9. The van der Waals surface area contributed by atoms with Crippen LogP contribution in [0.25, 0.3) is 0 Å². The van der Waals surface area contributed by atoms with Crippen LogP contribution in [0, 0.1) is 0 Å². The van der Waals surface area contributed by atoms with E-state index >= 15 is 0 Å². The minimum Gasteiger partial charge on any atom is -0.507 e. The van der Waals surface area contributed by atoms with E-state index in [2.05, 4.69) is 141 Å². The van der Waals surface area contributed by atoms with Crippen molar-refractivity contribution in [2.75, 3.05) is 134 Å². The molecule has 8 aromatic rings. The Hall–Kier alpha value is -8.16. The van der Waals surface area contributed by atoms with Crippen molar-refractivity contribution in [1.29, 1.82) is 0 Å². The number of hydrogen-bond donors (Lipinski definition) is 4. The second kappa shape index (κ2) is 33.5. The minimum absolute atomic E-state index is 0.117. The van der Waals surface area contributed by atoms with E-state index in [9.17, 15) is 20.4 Å². The smallest absolute Gasteiger partial charge is 0.130 e. The molecule has 13 rings (SSSR count). The van der Waals surface area contributed by atoms with Crippen molar-refractivity contribution in [3.63, 3.8) is 0 Å². The molecule has 1 aliphatic carbocycles. The first-order valence-corrected chi connectivity index (χ1v) is 36.2. The Kier molecular flexibility index (Phi) is 23.6. The van der Waals surface area contributed by atoms with E-state index in [1.807, 2.05) is 24.3 Å². The first-order valence-electron chi connectivity index (χ1n) is 36.2. The van der Waals surface area contributed by atoms with E-state index in [4.69, 9.17) is 37.9 Å². The number of benzene rings is 8. The maximum Gasteiger partial charge on any atom is 0.130 e. The van der Waals surface area contributed by atoms with Crippen LogP contribution in [0.3, 0.4) is 0 Å². The van der Waals surface area contributed by atoms with E-state index in [0.29, 0.717) is 250 Å². The van der Waals surface area contributed by atoms with Crippen molar-refractivity contribution in [3.8, 4) is 46.0 Å². The number of aryl methyl sites for hydroxylation is 4. The molecular weight excluding hydrogens is 1260 g/mol. The summed E-state index contributed by atoms with van der Waals surface area (Å²) in [6.45, 7) is 10.8. The number of fused-ring (bicyclic) bond motifs is 8. The second-order valence-electron chi connectivity index (χ2n) is 27.5. The van der Waals surface area contributed by atoms with Crippen molar-refractivity contribution in [1.82, 2.24) is 19.6 Å². The van der Waals surface area contributed by atoms with Gasteiger partial charge in [0, 0.05) is 147 Å². The minimum atomic E-state index is -0.586. The quantitative estimate of drug-likeness (QED) is 0.0451. The summed E-state index contributed by atoms with van der Waals surface area (Å²) in [7, 11) is 6.83. The summed E-state index contributed by atoms with van der Waals surface area (Å²) >= 11 is 0. The Morgan fingerprint density at radius 3 is 0.660 bits per heavy atom. The summed E-state index contributed by atoms with van der Waals surface area (Å²) in [5, 5.41) is 56.1. The molecule has 528 valence electrons. The fourth-order valence-electron chi connectivity index (χ4n) is 16.3. The molecule has 0 spiro atoms. The molecule has 0 radical (unpaired) electrons. The van der Waals surface area contributed by atoms with E-state index in [1.54, 1.807) is 28.4 Å². The maximum atomic E-state index is 14.0. The number of rotatable bonds is 24. The molecule has 0 saturated carbocycles. The van der Waals surface area contributed by atoms with Gasteiger partial charge in [0.05, 0.1) is 104 Å². The molecule has 0 aromatic heterocycles. The monoisotopic (exact) mass is 1360 g/mol. The van der Waals surface area contributed by atoms with Crippen LogP contribution in [0.5, 0.6) is 46.0 Å². The van der Waals surface area contributed by atoms with Gasteiger partial charge in [-0.1, -0.05) is 121 Å². The zero-order valence-corrected chi connectivity index (χ0v) is 58.8. The maximum absolute atomic E-state index is 14.0. The summed E-state index contributed by atoms with van der Waals surface area (Å²) < 4.78 is 51.6. The molecule has 100 heavy (non-hydrogen) atoms. The Bertz CT molecular complexity index is 3470. The summed E-state index contributed by atoms with van der Waals surface area (Å²) in [5.41, 5.74) is 13.0. The van der Waals surface area contributed by atoms with Crippen LogP contribution in [0.2, 0.25) is 0 Å². The molecule has 8 aromatic carbocycles. The van der Waals surface area contributed by atoms with Gasteiger partial charge in [-0.25, -0.2) is 0 Å². The zero-order valence-electron chi connectivity index (χ0n) is 58.8. The molecule has 4 atom stereocenters. The van der Waals surface area contributed by atoms with Gasteiger partial charge in [0.1, 0.15) is 46.0 Å². The number of aromatic hydroxyl groups is 4. The molecule has 16 nitrogen and oxygen atoms in total. The highest BCUT2D eigenvalue weighted by Crippen LogP contribution is 2.57. The van der Waals surface area contributed by atoms with Gasteiger partial charge >= 0.3 is 0 Å². The van der Waals surface area contributed by atoms with Crippen molar-refractivity contribution < 1.29 is 58.3 Å². The third kappa shape index (κ3) is 15.8. The lowest BCUT2D eigenvalue weighted by Crippen LogP contribution is -2.36. The molecule has 16 heteroatoms. The third-order valence-electron chi connectivity index (χ3n) is 21.6. The van der Waals surface area contributed by atoms with Crippen LogP contribution in [0.15, 0.2) is 146 Å². The fourth-order valence-corrected chi connectivity index (χ4v) is 16.3. The number of morpholine rings is 4. The van der Waals surface area contributed by atoms with Crippen molar-refractivity contribution in [3.05, 3.63) is 235 Å². The van der Waals surface area contributed by atoms with Crippen LogP contribution in [0.1, 0.15) is 138 Å². The van der Waals surface area contributed by atoms with Gasteiger partial charge in [0.25, 0.3) is 0 Å². The summed E-state index contributed by atoms with van der Waals surface area (Å²) in [6.07, 6.45) is 4.55. The highest BCUT2D eigenvalue weighted by molar-refractivity contribution is 5.69. The Morgan fingerprint density at radius 1 is 0.290 bits per heavy atom. The van der Waals surface area contributed by atoms with Crippen molar-refractivity contribution in [2.24, 2.45) is 0 Å². The Balaban J connectivity index is 1.20. The standard InChI is InChI=1S/C84H100N4O12/c1-93-81-69-49-65(77(89)73(81)53-85-33-41-97-42-34-85)62(30-26-58-19-11-6-12-20-58)71-51-67(79(91)75(83(71)95-3)55-87-37-45-99-46-38-87)64(32-28-60-23-15-8-16-24-60)72-52-68(80(92)76(84(72)96-4)56-88-39-47-100-48-40-88)63(31-27-59-21-13-7-14-22-59)70-50-66(61(69)29-25-57-17-9-5-10-18-57)78(90)74(82(70)94-2)54-86-35-43-98-44-36-86/h5-24,49-52,61-64,89-92H,25-48,53-56H2,1-4H3/t61-,62-,63-,64-/m1/s1. The predicted molar refractivity (Wildman–Crippen MR) is 389 cm³/mol. The molecule has 4 aliphatic heterocycles. The third-order valence-corrected chi connectivity index (χ3v) is 21.6. The molecule has 4 fully saturated rings. The highest BCUT2D eigenvalue weighted by Gasteiger charge is 2.40. The van der Waals surface area contributed by atoms with Crippen molar-refractivity contribution in [2.45, 2.75) is 101 Å². The SMILES string of the molecule is COc1c2cc(c(O)c1CN1CCOCC1)[C@@H](CCc1ccccc1)c1cc(c(O)c(CN3CCOCC3)c1OC)[C@@H](CCc1ccccc1)c1cc(c(O)c(CN3CCOCC3)c1OC)[C@@H](CCc1ccccc1)c1cc(c(O)c(CN3CCOCC3)c1OC)[C@H]2CCc1ccccc1. The lowest BCUT2D eigenvalue weighted by Gasteiger charge is -2.35. The van der Waals surface area contributed by atoms with E-state index in [0.717, 1.165) is 44.5 Å². The predicted octanol–water partition coefficient (Wildman–Crippen LogP) is 13.2. The summed E-state index contributed by atoms with van der Waals surface area (Å²) in [4.78, 5) is 9.32. The van der Waals surface area contributed by atoms with Gasteiger partial charge in [0.2, 0.25) is 0 Å². The molecule has 0 amide bonds.